The van der Waals surface area contributed by atoms with Crippen LogP contribution < -0.4 is 0 Å². The van der Waals surface area contributed by atoms with Crippen molar-refractivity contribution in [2.24, 2.45) is 5.41 Å². The summed E-state index contributed by atoms with van der Waals surface area (Å²) in [4.78, 5) is 9.82. The highest BCUT2D eigenvalue weighted by atomic mass is 127. The van der Waals surface area contributed by atoms with Gasteiger partial charge in [-0.3, -0.25) is 9.97 Å². The number of aromatic nitrogens is 2. The Kier molecular flexibility index (Phi) is 7.96. The topological polar surface area (TPSA) is 53.5 Å². The zero-order valence-electron chi connectivity index (χ0n) is 26.3. The van der Waals surface area contributed by atoms with Gasteiger partial charge < -0.3 is 13.9 Å². The normalized spacial score (nSPS) is 28.7. The van der Waals surface area contributed by atoms with E-state index < -0.39 is 31.8 Å². The molecule has 5 nitrogen and oxygen atoms in total. The Morgan fingerprint density at radius 3 is 2.35 bits per heavy atom. The van der Waals surface area contributed by atoms with Crippen LogP contribution in [0.2, 0.25) is 18.1 Å². The van der Waals surface area contributed by atoms with Crippen LogP contribution in [-0.2, 0) is 32.1 Å². The van der Waals surface area contributed by atoms with Crippen molar-refractivity contribution in [3.8, 4) is 0 Å². The van der Waals surface area contributed by atoms with Crippen molar-refractivity contribution < 1.29 is 27.1 Å². The monoisotopic (exact) mass is 728 g/mol. The number of ether oxygens (including phenoxy) is 2. The molecule has 2 aromatic heterocycles. The molecule has 2 spiro atoms. The summed E-state index contributed by atoms with van der Waals surface area (Å²) in [6, 6.07) is 2.60. The fraction of sp³-hybridized carbons (Fsp3) is 0.697. The Morgan fingerprint density at radius 2 is 1.81 bits per heavy atom. The molecule has 0 N–H and O–H groups in total. The maximum atomic E-state index is 13.5. The van der Waals surface area contributed by atoms with E-state index in [0.29, 0.717) is 25.3 Å². The van der Waals surface area contributed by atoms with Crippen molar-refractivity contribution in [1.29, 1.82) is 0 Å². The maximum Gasteiger partial charge on any atom is 0.417 e. The number of pyridine rings is 2. The van der Waals surface area contributed by atoms with Gasteiger partial charge in [-0.15, -0.1) is 0 Å². The van der Waals surface area contributed by atoms with Crippen molar-refractivity contribution in [3.05, 3.63) is 57.7 Å². The predicted molar refractivity (Wildman–Crippen MR) is 171 cm³/mol. The van der Waals surface area contributed by atoms with Crippen molar-refractivity contribution in [1.82, 2.24) is 9.97 Å². The van der Waals surface area contributed by atoms with E-state index in [1.54, 1.807) is 0 Å². The largest absolute Gasteiger partial charge is 0.417 e. The third-order valence-electron chi connectivity index (χ3n) is 10.9. The van der Waals surface area contributed by atoms with Gasteiger partial charge in [0, 0.05) is 47.3 Å². The summed E-state index contributed by atoms with van der Waals surface area (Å²) in [7, 11) is -2.18. The van der Waals surface area contributed by atoms with Crippen LogP contribution >= 0.6 is 22.6 Å². The standard InChI is InChI=1S/C33H44F3IN2O3Si/c1-19(2)28-26-27(25-22(39-28)15-31(11-8-12-31)16-23(25)42-43(6,7)30(3,4)5)32(13-14-40-18-24(32)37)41-29(26)21-10-9-20(17-38-21)33(34,35)36/h9-10,17,19,23-24,29H,8,11-16,18H2,1-7H3/t23?,24?,29-,32?/m1/s1. The highest BCUT2D eigenvalue weighted by Crippen LogP contribution is 2.62. The van der Waals surface area contributed by atoms with Crippen LogP contribution in [0.1, 0.15) is 124 Å². The van der Waals surface area contributed by atoms with Gasteiger partial charge in [0.05, 0.1) is 27.9 Å². The van der Waals surface area contributed by atoms with E-state index in [2.05, 4.69) is 75.3 Å². The number of hydrogen-bond acceptors (Lipinski definition) is 5. The molecule has 0 radical (unpaired) electrons. The Morgan fingerprint density at radius 1 is 1.09 bits per heavy atom. The number of hydrogen-bond donors (Lipinski definition) is 0. The van der Waals surface area contributed by atoms with Gasteiger partial charge in [0.15, 0.2) is 8.32 Å². The molecule has 3 unspecified atom stereocenters. The Labute approximate surface area is 268 Å². The van der Waals surface area contributed by atoms with Gasteiger partial charge in [0.2, 0.25) is 0 Å². The molecular formula is C33H44F3IN2O3Si. The molecule has 0 amide bonds. The Hall–Kier alpha value is -1.08. The third-order valence-corrected chi connectivity index (χ3v) is 16.7. The van der Waals surface area contributed by atoms with E-state index in [-0.39, 0.29) is 26.4 Å². The molecule has 4 heterocycles. The third kappa shape index (κ3) is 5.32. The van der Waals surface area contributed by atoms with E-state index in [0.717, 1.165) is 47.6 Å². The second kappa shape index (κ2) is 10.7. The number of nitrogens with zero attached hydrogens (tertiary/aromatic N) is 2. The van der Waals surface area contributed by atoms with E-state index in [1.807, 2.05) is 0 Å². The average Bonchev–Trinajstić information content (AvgIpc) is 3.23. The lowest BCUT2D eigenvalue weighted by atomic mass is 9.58. The second-order valence-corrected chi connectivity index (χ2v) is 21.3. The number of alkyl halides is 4. The molecule has 4 atom stereocenters. The fourth-order valence-electron chi connectivity index (χ4n) is 7.32. The molecule has 0 bridgehead atoms. The molecule has 10 heteroatoms. The fourth-order valence-corrected chi connectivity index (χ4v) is 9.61. The van der Waals surface area contributed by atoms with E-state index in [9.17, 15) is 13.2 Å². The summed E-state index contributed by atoms with van der Waals surface area (Å²) in [5.41, 5.74) is 4.70. The molecule has 4 aliphatic rings. The SMILES string of the molecule is CC(C)c1nc2c(c3c1[C@@H](c1ccc(C(F)(F)F)cn1)OC31CCOCC1I)C(O[Si](C)(C)C(C)(C)C)CC1(CCC1)C2. The molecule has 0 aromatic carbocycles. The summed E-state index contributed by atoms with van der Waals surface area (Å²) in [6.45, 7) is 16.9. The van der Waals surface area contributed by atoms with Crippen LogP contribution in [0, 0.1) is 5.41 Å². The van der Waals surface area contributed by atoms with E-state index >= 15 is 0 Å². The van der Waals surface area contributed by atoms with Crippen molar-refractivity contribution in [3.63, 3.8) is 0 Å². The molecule has 1 saturated carbocycles. The summed E-state index contributed by atoms with van der Waals surface area (Å²) in [6.07, 6.45) is 1.98. The van der Waals surface area contributed by atoms with Gasteiger partial charge in [-0.2, -0.15) is 13.2 Å². The lowest BCUT2D eigenvalue weighted by Crippen LogP contribution is -2.48. The molecular weight excluding hydrogens is 684 g/mol. The van der Waals surface area contributed by atoms with Crippen molar-refractivity contribution in [2.75, 3.05) is 13.2 Å². The summed E-state index contributed by atoms with van der Waals surface area (Å²) in [5, 5.41) is 0.0389. The summed E-state index contributed by atoms with van der Waals surface area (Å²) >= 11 is 2.46. The van der Waals surface area contributed by atoms with E-state index in [1.165, 1.54) is 30.9 Å². The lowest BCUT2D eigenvalue weighted by molar-refractivity contribution is -0.138. The quantitative estimate of drug-likeness (QED) is 0.179. The van der Waals surface area contributed by atoms with Crippen LogP contribution in [0.3, 0.4) is 0 Å². The predicted octanol–water partition coefficient (Wildman–Crippen LogP) is 9.34. The zero-order valence-corrected chi connectivity index (χ0v) is 29.5. The molecule has 2 aliphatic carbocycles. The first-order valence-electron chi connectivity index (χ1n) is 15.7. The first-order valence-corrected chi connectivity index (χ1v) is 19.8. The number of rotatable bonds is 4. The maximum absolute atomic E-state index is 13.5. The first kappa shape index (κ1) is 31.9. The summed E-state index contributed by atoms with van der Waals surface area (Å²) < 4.78 is 60.9. The van der Waals surface area contributed by atoms with Gasteiger partial charge in [0.1, 0.15) is 11.7 Å². The molecule has 2 aromatic rings. The number of fused-ring (bicyclic) bond motifs is 4. The molecule has 236 valence electrons. The van der Waals surface area contributed by atoms with Crippen LogP contribution in [0.25, 0.3) is 0 Å². The zero-order chi connectivity index (χ0) is 31.2. The highest BCUT2D eigenvalue weighted by molar-refractivity contribution is 14.1. The molecule has 43 heavy (non-hydrogen) atoms. The second-order valence-electron chi connectivity index (χ2n) is 15.1. The van der Waals surface area contributed by atoms with Crippen LogP contribution in [-0.4, -0.2) is 35.4 Å². The van der Waals surface area contributed by atoms with Crippen LogP contribution in [0.15, 0.2) is 18.3 Å². The minimum absolute atomic E-state index is 0.0108. The first-order chi connectivity index (χ1) is 20.0. The van der Waals surface area contributed by atoms with Crippen molar-refractivity contribution >= 4 is 30.9 Å². The van der Waals surface area contributed by atoms with Gasteiger partial charge in [-0.25, -0.2) is 0 Å². The van der Waals surface area contributed by atoms with Crippen LogP contribution in [0.5, 0.6) is 0 Å². The lowest BCUT2D eigenvalue weighted by Gasteiger charge is -2.51. The highest BCUT2D eigenvalue weighted by Gasteiger charge is 2.58. The smallest absolute Gasteiger partial charge is 0.410 e. The average molecular weight is 729 g/mol. The van der Waals surface area contributed by atoms with Gasteiger partial charge in [-0.05, 0) is 67.3 Å². The molecule has 2 fully saturated rings. The summed E-state index contributed by atoms with van der Waals surface area (Å²) in [5.74, 6) is 0.0984. The van der Waals surface area contributed by atoms with Gasteiger partial charge >= 0.3 is 6.18 Å². The number of halogens is 4. The minimum atomic E-state index is -4.45. The Bertz CT molecular complexity index is 1390. The minimum Gasteiger partial charge on any atom is -0.410 e. The molecule has 2 aliphatic heterocycles. The van der Waals surface area contributed by atoms with Gasteiger partial charge in [0.25, 0.3) is 0 Å². The molecule has 1 saturated heterocycles. The van der Waals surface area contributed by atoms with E-state index in [4.69, 9.17) is 18.9 Å². The van der Waals surface area contributed by atoms with Gasteiger partial charge in [-0.1, -0.05) is 63.6 Å². The Balaban J connectivity index is 1.60. The molecule has 6 rings (SSSR count). The van der Waals surface area contributed by atoms with Crippen molar-refractivity contribution in [2.45, 2.75) is 125 Å². The van der Waals surface area contributed by atoms with Crippen LogP contribution in [0.4, 0.5) is 13.2 Å².